The van der Waals surface area contributed by atoms with Crippen molar-refractivity contribution in [3.8, 4) is 11.3 Å². The van der Waals surface area contributed by atoms with E-state index in [1.54, 1.807) is 6.26 Å². The van der Waals surface area contributed by atoms with Crippen molar-refractivity contribution in [1.82, 2.24) is 10.3 Å². The largest absolute Gasteiger partial charge is 0.467 e. The maximum atomic E-state index is 5.41. The molecule has 0 fully saturated rings. The van der Waals surface area contributed by atoms with Crippen molar-refractivity contribution in [2.45, 2.75) is 13.5 Å². The first-order chi connectivity index (χ1) is 6.92. The van der Waals surface area contributed by atoms with Gasteiger partial charge in [0, 0.05) is 17.5 Å². The fraction of sp³-hybridized carbons (Fsp3) is 0.273. The van der Waals surface area contributed by atoms with Gasteiger partial charge in [0.2, 0.25) is 0 Å². The zero-order chi connectivity index (χ0) is 9.80. The third-order valence-corrected chi connectivity index (χ3v) is 2.17. The maximum Gasteiger partial charge on any atom is 0.126 e. The van der Waals surface area contributed by atoms with E-state index in [9.17, 15) is 0 Å². The molecule has 74 valence electrons. The average Bonchev–Trinajstić information content (AvgIpc) is 2.84. The van der Waals surface area contributed by atoms with Gasteiger partial charge in [-0.15, -0.1) is 0 Å². The molecule has 3 heteroatoms. The monoisotopic (exact) mass is 190 g/mol. The van der Waals surface area contributed by atoms with Crippen LogP contribution in [0.3, 0.4) is 0 Å². The second kappa shape index (κ2) is 4.15. The fourth-order valence-electron chi connectivity index (χ4n) is 1.45. The van der Waals surface area contributed by atoms with Crippen molar-refractivity contribution >= 4 is 0 Å². The third kappa shape index (κ3) is 1.72. The molecule has 0 amide bonds. The Morgan fingerprint density at radius 2 is 2.36 bits per heavy atom. The number of furan rings is 1. The molecule has 0 saturated carbocycles. The summed E-state index contributed by atoms with van der Waals surface area (Å²) in [4.78, 5) is 3.17. The summed E-state index contributed by atoms with van der Waals surface area (Å²) in [6.45, 7) is 3.81. The number of rotatable bonds is 4. The highest BCUT2D eigenvalue weighted by Gasteiger charge is 2.07. The summed E-state index contributed by atoms with van der Waals surface area (Å²) in [6.07, 6.45) is 3.64. The summed E-state index contributed by atoms with van der Waals surface area (Å²) in [5, 5.41) is 3.25. The van der Waals surface area contributed by atoms with E-state index in [4.69, 9.17) is 4.42 Å². The van der Waals surface area contributed by atoms with Crippen molar-refractivity contribution in [3.05, 3.63) is 36.4 Å². The van der Waals surface area contributed by atoms with Gasteiger partial charge in [-0.3, -0.25) is 0 Å². The quantitative estimate of drug-likeness (QED) is 0.777. The van der Waals surface area contributed by atoms with Crippen LogP contribution in [0.2, 0.25) is 0 Å². The molecule has 2 heterocycles. The number of nitrogens with one attached hydrogen (secondary N) is 2. The molecule has 0 aliphatic rings. The lowest BCUT2D eigenvalue weighted by atomic mass is 10.2. The SMILES string of the molecule is CCNCc1occc1-c1ccc[nH]1. The van der Waals surface area contributed by atoms with Gasteiger partial charge in [-0.05, 0) is 24.7 Å². The molecule has 0 unspecified atom stereocenters. The molecule has 14 heavy (non-hydrogen) atoms. The fourth-order valence-corrected chi connectivity index (χ4v) is 1.45. The summed E-state index contributed by atoms with van der Waals surface area (Å²) in [6, 6.07) is 6.01. The Morgan fingerprint density at radius 3 is 3.07 bits per heavy atom. The minimum Gasteiger partial charge on any atom is -0.467 e. The van der Waals surface area contributed by atoms with Crippen LogP contribution in [-0.2, 0) is 6.54 Å². The van der Waals surface area contributed by atoms with Crippen molar-refractivity contribution in [1.29, 1.82) is 0 Å². The zero-order valence-corrected chi connectivity index (χ0v) is 8.21. The number of hydrogen-bond donors (Lipinski definition) is 2. The highest BCUT2D eigenvalue weighted by Crippen LogP contribution is 2.22. The van der Waals surface area contributed by atoms with Crippen LogP contribution in [0.5, 0.6) is 0 Å². The van der Waals surface area contributed by atoms with Gasteiger partial charge in [-0.2, -0.15) is 0 Å². The maximum absolute atomic E-state index is 5.41. The second-order valence-electron chi connectivity index (χ2n) is 3.12. The van der Waals surface area contributed by atoms with Crippen LogP contribution in [0, 0.1) is 0 Å². The second-order valence-corrected chi connectivity index (χ2v) is 3.12. The molecular weight excluding hydrogens is 176 g/mol. The Balaban J connectivity index is 2.22. The van der Waals surface area contributed by atoms with Gasteiger partial charge in [-0.1, -0.05) is 6.92 Å². The summed E-state index contributed by atoms with van der Waals surface area (Å²) in [5.41, 5.74) is 2.24. The van der Waals surface area contributed by atoms with E-state index < -0.39 is 0 Å². The van der Waals surface area contributed by atoms with Crippen molar-refractivity contribution < 1.29 is 4.42 Å². The Morgan fingerprint density at radius 1 is 1.43 bits per heavy atom. The average molecular weight is 190 g/mol. The first-order valence-corrected chi connectivity index (χ1v) is 4.82. The van der Waals surface area contributed by atoms with E-state index in [0.29, 0.717) is 0 Å². The Kier molecular flexibility index (Phi) is 2.70. The number of aromatic amines is 1. The Hall–Kier alpha value is -1.48. The van der Waals surface area contributed by atoms with Crippen LogP contribution in [0.25, 0.3) is 11.3 Å². The predicted octanol–water partition coefficient (Wildman–Crippen LogP) is 2.38. The van der Waals surface area contributed by atoms with Gasteiger partial charge in [0.1, 0.15) is 5.76 Å². The van der Waals surface area contributed by atoms with Crippen molar-refractivity contribution in [3.63, 3.8) is 0 Å². The van der Waals surface area contributed by atoms with E-state index in [1.807, 2.05) is 24.4 Å². The first-order valence-electron chi connectivity index (χ1n) is 4.82. The molecule has 0 radical (unpaired) electrons. The van der Waals surface area contributed by atoms with E-state index >= 15 is 0 Å². The number of hydrogen-bond acceptors (Lipinski definition) is 2. The third-order valence-electron chi connectivity index (χ3n) is 2.17. The minimum atomic E-state index is 0.776. The standard InChI is InChI=1S/C11H14N2O/c1-2-12-8-11-9(5-7-14-11)10-4-3-6-13-10/h3-7,12-13H,2,8H2,1H3. The van der Waals surface area contributed by atoms with E-state index in [0.717, 1.165) is 30.1 Å². The van der Waals surface area contributed by atoms with Gasteiger partial charge >= 0.3 is 0 Å². The lowest BCUT2D eigenvalue weighted by Gasteiger charge is -2.00. The number of aromatic nitrogens is 1. The molecule has 0 bridgehead atoms. The van der Waals surface area contributed by atoms with Crippen molar-refractivity contribution in [2.75, 3.05) is 6.54 Å². The summed E-state index contributed by atoms with van der Waals surface area (Å²) >= 11 is 0. The molecule has 0 spiro atoms. The van der Waals surface area contributed by atoms with E-state index in [2.05, 4.69) is 17.2 Å². The van der Waals surface area contributed by atoms with Gasteiger partial charge in [-0.25, -0.2) is 0 Å². The van der Waals surface area contributed by atoms with Gasteiger partial charge in [0.05, 0.1) is 12.8 Å². The smallest absolute Gasteiger partial charge is 0.126 e. The zero-order valence-electron chi connectivity index (χ0n) is 8.21. The highest BCUT2D eigenvalue weighted by atomic mass is 16.3. The summed E-state index contributed by atoms with van der Waals surface area (Å²) in [7, 11) is 0. The van der Waals surface area contributed by atoms with E-state index in [1.165, 1.54) is 0 Å². The van der Waals surface area contributed by atoms with Crippen molar-refractivity contribution in [2.24, 2.45) is 0 Å². The lowest BCUT2D eigenvalue weighted by Crippen LogP contribution is -2.11. The lowest BCUT2D eigenvalue weighted by molar-refractivity contribution is 0.489. The molecule has 2 N–H and O–H groups in total. The minimum absolute atomic E-state index is 0.776. The molecule has 2 aromatic heterocycles. The van der Waals surface area contributed by atoms with Crippen LogP contribution in [0.1, 0.15) is 12.7 Å². The Labute approximate surface area is 83.1 Å². The first kappa shape index (κ1) is 9.09. The molecule has 3 nitrogen and oxygen atoms in total. The molecular formula is C11H14N2O. The molecule has 0 aromatic carbocycles. The molecule has 0 saturated heterocycles. The molecule has 2 aromatic rings. The van der Waals surface area contributed by atoms with Crippen LogP contribution in [-0.4, -0.2) is 11.5 Å². The van der Waals surface area contributed by atoms with Gasteiger partial charge < -0.3 is 14.7 Å². The van der Waals surface area contributed by atoms with E-state index in [-0.39, 0.29) is 0 Å². The molecule has 0 aliphatic heterocycles. The van der Waals surface area contributed by atoms with Gasteiger partial charge in [0.15, 0.2) is 0 Å². The molecule has 0 atom stereocenters. The summed E-state index contributed by atoms with van der Waals surface area (Å²) in [5.74, 6) is 0.981. The molecule has 2 rings (SSSR count). The number of H-pyrrole nitrogens is 1. The summed E-state index contributed by atoms with van der Waals surface area (Å²) < 4.78 is 5.41. The molecule has 0 aliphatic carbocycles. The van der Waals surface area contributed by atoms with Crippen LogP contribution < -0.4 is 5.32 Å². The normalized spacial score (nSPS) is 10.6. The Bertz CT molecular complexity index is 376. The predicted molar refractivity (Wildman–Crippen MR) is 55.9 cm³/mol. The topological polar surface area (TPSA) is 41.0 Å². The van der Waals surface area contributed by atoms with Crippen LogP contribution in [0.15, 0.2) is 35.1 Å². The van der Waals surface area contributed by atoms with Crippen LogP contribution >= 0.6 is 0 Å². The van der Waals surface area contributed by atoms with Gasteiger partial charge in [0.25, 0.3) is 0 Å². The van der Waals surface area contributed by atoms with Crippen LogP contribution in [0.4, 0.5) is 0 Å². The highest BCUT2D eigenvalue weighted by molar-refractivity contribution is 5.61.